The van der Waals surface area contributed by atoms with Gasteiger partial charge in [-0.15, -0.1) is 0 Å². The molecule has 0 bridgehead atoms. The first-order chi connectivity index (χ1) is 7.18. The smallest absolute Gasteiger partial charge is 0.0211 e. The SMILES string of the molecule is Cc1ccc(-c2ccccc2C)c(I)c1. The average Bonchev–Trinajstić information content (AvgIpc) is 2.20. The standard InChI is InChI=1S/C14H13I/c1-10-7-8-13(14(15)9-10)12-6-4-3-5-11(12)2/h3-9H,1-2H3. The van der Waals surface area contributed by atoms with Crippen LogP contribution in [0.1, 0.15) is 11.1 Å². The molecule has 0 heterocycles. The van der Waals surface area contributed by atoms with E-state index in [1.165, 1.54) is 25.8 Å². The molecule has 0 atom stereocenters. The van der Waals surface area contributed by atoms with Crippen molar-refractivity contribution in [1.29, 1.82) is 0 Å². The summed E-state index contributed by atoms with van der Waals surface area (Å²) in [4.78, 5) is 0. The second kappa shape index (κ2) is 4.35. The van der Waals surface area contributed by atoms with E-state index in [4.69, 9.17) is 0 Å². The third-order valence-corrected chi connectivity index (χ3v) is 3.45. The molecule has 0 aliphatic rings. The summed E-state index contributed by atoms with van der Waals surface area (Å²) in [7, 11) is 0. The van der Waals surface area contributed by atoms with Gasteiger partial charge in [0.2, 0.25) is 0 Å². The van der Waals surface area contributed by atoms with E-state index in [9.17, 15) is 0 Å². The van der Waals surface area contributed by atoms with Crippen LogP contribution in [0.25, 0.3) is 11.1 Å². The fraction of sp³-hybridized carbons (Fsp3) is 0.143. The Balaban J connectivity index is 2.60. The number of aryl methyl sites for hydroxylation is 2. The molecular weight excluding hydrogens is 295 g/mol. The molecule has 0 nitrogen and oxygen atoms in total. The highest BCUT2D eigenvalue weighted by Crippen LogP contribution is 2.28. The molecule has 15 heavy (non-hydrogen) atoms. The minimum atomic E-state index is 1.32. The van der Waals surface area contributed by atoms with Crippen LogP contribution in [-0.4, -0.2) is 0 Å². The summed E-state index contributed by atoms with van der Waals surface area (Å²) in [6, 6.07) is 15.1. The van der Waals surface area contributed by atoms with Gasteiger partial charge < -0.3 is 0 Å². The minimum Gasteiger partial charge on any atom is -0.0620 e. The largest absolute Gasteiger partial charge is 0.0620 e. The first-order valence-corrected chi connectivity index (χ1v) is 6.08. The number of halogens is 1. The van der Waals surface area contributed by atoms with Gasteiger partial charge in [-0.3, -0.25) is 0 Å². The van der Waals surface area contributed by atoms with E-state index in [0.29, 0.717) is 0 Å². The second-order valence-electron chi connectivity index (χ2n) is 3.80. The molecule has 0 aromatic heterocycles. The van der Waals surface area contributed by atoms with E-state index in [2.05, 4.69) is 78.9 Å². The van der Waals surface area contributed by atoms with Gasteiger partial charge in [-0.1, -0.05) is 42.0 Å². The highest BCUT2D eigenvalue weighted by Gasteiger charge is 2.04. The molecular formula is C14H13I. The van der Waals surface area contributed by atoms with Gasteiger partial charge in [0.25, 0.3) is 0 Å². The Bertz CT molecular complexity index is 486. The summed E-state index contributed by atoms with van der Waals surface area (Å²) in [6.45, 7) is 4.29. The summed E-state index contributed by atoms with van der Waals surface area (Å²) in [5, 5.41) is 0. The summed E-state index contributed by atoms with van der Waals surface area (Å²) < 4.78 is 1.32. The fourth-order valence-electron chi connectivity index (χ4n) is 1.71. The molecule has 0 aliphatic carbocycles. The van der Waals surface area contributed by atoms with Gasteiger partial charge in [0.05, 0.1) is 0 Å². The highest BCUT2D eigenvalue weighted by atomic mass is 127. The first kappa shape index (κ1) is 10.7. The predicted molar refractivity (Wildman–Crippen MR) is 74.1 cm³/mol. The summed E-state index contributed by atoms with van der Waals surface area (Å²) >= 11 is 2.41. The van der Waals surface area contributed by atoms with Crippen molar-refractivity contribution in [2.45, 2.75) is 13.8 Å². The van der Waals surface area contributed by atoms with Crippen LogP contribution < -0.4 is 0 Å². The molecule has 2 aromatic carbocycles. The molecule has 0 saturated heterocycles. The molecule has 0 fully saturated rings. The maximum absolute atomic E-state index is 2.41. The molecule has 76 valence electrons. The van der Waals surface area contributed by atoms with Crippen LogP contribution in [0.5, 0.6) is 0 Å². The maximum Gasteiger partial charge on any atom is 0.0211 e. The molecule has 0 saturated carbocycles. The van der Waals surface area contributed by atoms with Crippen LogP contribution in [0, 0.1) is 17.4 Å². The average molecular weight is 308 g/mol. The van der Waals surface area contributed by atoms with Crippen molar-refractivity contribution in [2.75, 3.05) is 0 Å². The van der Waals surface area contributed by atoms with Crippen molar-refractivity contribution in [3.8, 4) is 11.1 Å². The van der Waals surface area contributed by atoms with E-state index in [0.717, 1.165) is 0 Å². The summed E-state index contributed by atoms with van der Waals surface area (Å²) in [6.07, 6.45) is 0. The van der Waals surface area contributed by atoms with Gasteiger partial charge in [-0.2, -0.15) is 0 Å². The Hall–Kier alpha value is -0.830. The zero-order valence-electron chi connectivity index (χ0n) is 8.92. The van der Waals surface area contributed by atoms with Crippen LogP contribution in [0.15, 0.2) is 42.5 Å². The third-order valence-electron chi connectivity index (χ3n) is 2.56. The first-order valence-electron chi connectivity index (χ1n) is 5.00. The Morgan fingerprint density at radius 2 is 1.60 bits per heavy atom. The van der Waals surface area contributed by atoms with Crippen molar-refractivity contribution < 1.29 is 0 Å². The third kappa shape index (κ3) is 2.23. The zero-order chi connectivity index (χ0) is 10.8. The van der Waals surface area contributed by atoms with Gasteiger partial charge >= 0.3 is 0 Å². The molecule has 0 spiro atoms. The fourth-order valence-corrected chi connectivity index (χ4v) is 2.68. The Kier molecular flexibility index (Phi) is 3.10. The van der Waals surface area contributed by atoms with Gasteiger partial charge in [-0.25, -0.2) is 0 Å². The van der Waals surface area contributed by atoms with E-state index >= 15 is 0 Å². The molecule has 0 aliphatic heterocycles. The molecule has 1 heteroatoms. The quantitative estimate of drug-likeness (QED) is 0.677. The monoisotopic (exact) mass is 308 g/mol. The normalized spacial score (nSPS) is 10.3. The molecule has 2 rings (SSSR count). The molecule has 0 amide bonds. The lowest BCUT2D eigenvalue weighted by Gasteiger charge is -2.08. The van der Waals surface area contributed by atoms with Gasteiger partial charge in [0, 0.05) is 3.57 Å². The van der Waals surface area contributed by atoms with Crippen molar-refractivity contribution in [3.05, 3.63) is 57.2 Å². The summed E-state index contributed by atoms with van der Waals surface area (Å²) in [5.74, 6) is 0. The number of benzene rings is 2. The van der Waals surface area contributed by atoms with Crippen LogP contribution in [0.2, 0.25) is 0 Å². The van der Waals surface area contributed by atoms with E-state index < -0.39 is 0 Å². The highest BCUT2D eigenvalue weighted by molar-refractivity contribution is 14.1. The van der Waals surface area contributed by atoms with Crippen LogP contribution >= 0.6 is 22.6 Å². The lowest BCUT2D eigenvalue weighted by molar-refractivity contribution is 1.41. The van der Waals surface area contributed by atoms with Crippen molar-refractivity contribution in [1.82, 2.24) is 0 Å². The van der Waals surface area contributed by atoms with Crippen molar-refractivity contribution >= 4 is 22.6 Å². The number of hydrogen-bond donors (Lipinski definition) is 0. The second-order valence-corrected chi connectivity index (χ2v) is 4.96. The predicted octanol–water partition coefficient (Wildman–Crippen LogP) is 4.58. The van der Waals surface area contributed by atoms with E-state index in [1.807, 2.05) is 0 Å². The number of rotatable bonds is 1. The van der Waals surface area contributed by atoms with Crippen LogP contribution in [0.3, 0.4) is 0 Å². The Morgan fingerprint density at radius 1 is 0.867 bits per heavy atom. The minimum absolute atomic E-state index is 1.32. The van der Waals surface area contributed by atoms with Crippen LogP contribution in [0.4, 0.5) is 0 Å². The van der Waals surface area contributed by atoms with E-state index in [1.54, 1.807) is 0 Å². The molecule has 2 aromatic rings. The number of hydrogen-bond acceptors (Lipinski definition) is 0. The van der Waals surface area contributed by atoms with Gasteiger partial charge in [0.1, 0.15) is 0 Å². The lowest BCUT2D eigenvalue weighted by Crippen LogP contribution is -1.87. The Labute approximate surface area is 104 Å². The zero-order valence-corrected chi connectivity index (χ0v) is 11.1. The Morgan fingerprint density at radius 3 is 2.27 bits per heavy atom. The topological polar surface area (TPSA) is 0 Å². The summed E-state index contributed by atoms with van der Waals surface area (Å²) in [5.41, 5.74) is 5.32. The molecule has 0 radical (unpaired) electrons. The van der Waals surface area contributed by atoms with Gasteiger partial charge in [-0.05, 0) is 59.2 Å². The molecule has 0 N–H and O–H groups in total. The van der Waals surface area contributed by atoms with Crippen molar-refractivity contribution in [3.63, 3.8) is 0 Å². The van der Waals surface area contributed by atoms with Gasteiger partial charge in [0.15, 0.2) is 0 Å². The van der Waals surface area contributed by atoms with E-state index in [-0.39, 0.29) is 0 Å². The maximum atomic E-state index is 2.41. The van der Waals surface area contributed by atoms with Crippen molar-refractivity contribution in [2.24, 2.45) is 0 Å². The van der Waals surface area contributed by atoms with Crippen LogP contribution in [-0.2, 0) is 0 Å². The molecule has 0 unspecified atom stereocenters. The lowest BCUT2D eigenvalue weighted by atomic mass is 10.00.